The molecule has 3 N–H and O–H groups in total. The fourth-order valence-electron chi connectivity index (χ4n) is 2.32. The number of nitrogens with two attached hydrogens (primary N) is 1. The summed E-state index contributed by atoms with van der Waals surface area (Å²) in [4.78, 5) is 14.2. The normalized spacial score (nSPS) is 16.4. The van der Waals surface area contributed by atoms with Crippen LogP contribution in [0.25, 0.3) is 0 Å². The van der Waals surface area contributed by atoms with Gasteiger partial charge >= 0.3 is 0 Å². The van der Waals surface area contributed by atoms with Crippen molar-refractivity contribution in [2.24, 2.45) is 11.7 Å². The zero-order valence-electron chi connectivity index (χ0n) is 11.7. The van der Waals surface area contributed by atoms with Crippen molar-refractivity contribution >= 4 is 11.6 Å². The molecule has 0 bridgehead atoms. The summed E-state index contributed by atoms with van der Waals surface area (Å²) < 4.78 is 0. The lowest BCUT2D eigenvalue weighted by atomic mass is 10.1. The maximum atomic E-state index is 12.0. The number of carbonyl (C=O) groups is 1. The second-order valence-electron chi connectivity index (χ2n) is 5.40. The minimum absolute atomic E-state index is 0.0240. The molecule has 0 saturated heterocycles. The van der Waals surface area contributed by atoms with E-state index < -0.39 is 0 Å². The topological polar surface area (TPSA) is 58.4 Å². The van der Waals surface area contributed by atoms with Crippen LogP contribution in [0.3, 0.4) is 0 Å². The van der Waals surface area contributed by atoms with Gasteiger partial charge in [-0.1, -0.05) is 18.2 Å². The number of nitrogens with one attached hydrogen (secondary N) is 1. The van der Waals surface area contributed by atoms with E-state index in [9.17, 15) is 4.79 Å². The molecule has 1 atom stereocenters. The molecule has 104 valence electrons. The van der Waals surface area contributed by atoms with E-state index >= 15 is 0 Å². The number of hydrogen-bond acceptors (Lipinski definition) is 3. The summed E-state index contributed by atoms with van der Waals surface area (Å²) in [5.74, 6) is 0.796. The van der Waals surface area contributed by atoms with Gasteiger partial charge in [-0.25, -0.2) is 0 Å². The molecule has 1 aromatic rings. The van der Waals surface area contributed by atoms with Gasteiger partial charge in [0.05, 0.1) is 6.54 Å². The van der Waals surface area contributed by atoms with E-state index in [4.69, 9.17) is 5.73 Å². The maximum absolute atomic E-state index is 12.0. The minimum Gasteiger partial charge on any atom is -0.326 e. The first-order chi connectivity index (χ1) is 9.11. The van der Waals surface area contributed by atoms with Crippen LogP contribution in [-0.2, 0) is 11.3 Å². The number of anilines is 1. The van der Waals surface area contributed by atoms with Gasteiger partial charge in [-0.05, 0) is 44.4 Å². The Labute approximate surface area is 115 Å². The Kier molecular flexibility index (Phi) is 4.56. The van der Waals surface area contributed by atoms with Crippen molar-refractivity contribution < 1.29 is 4.79 Å². The molecule has 0 aliphatic heterocycles. The number of likely N-dealkylation sites (N-methyl/N-ethyl adjacent to an activating group) is 1. The van der Waals surface area contributed by atoms with Gasteiger partial charge in [0.15, 0.2) is 0 Å². The standard InChI is InChI=1S/C15H23N3O/c1-11(12-7-8-12)18(2)10-15(19)17-14-6-4-3-5-13(14)9-16/h3-6,11-12H,7-10,16H2,1-2H3,(H,17,19). The summed E-state index contributed by atoms with van der Waals surface area (Å²) in [5.41, 5.74) is 7.45. The van der Waals surface area contributed by atoms with Gasteiger partial charge < -0.3 is 11.1 Å². The van der Waals surface area contributed by atoms with Crippen LogP contribution in [0.2, 0.25) is 0 Å². The van der Waals surface area contributed by atoms with Gasteiger partial charge in [-0.15, -0.1) is 0 Å². The fourth-order valence-corrected chi connectivity index (χ4v) is 2.32. The smallest absolute Gasteiger partial charge is 0.238 e. The van der Waals surface area contributed by atoms with Crippen LogP contribution in [0.15, 0.2) is 24.3 Å². The number of rotatable bonds is 6. The molecule has 0 heterocycles. The molecular weight excluding hydrogens is 238 g/mol. The average molecular weight is 261 g/mol. The summed E-state index contributed by atoms with van der Waals surface area (Å²) in [7, 11) is 2.01. The molecule has 1 amide bonds. The first-order valence-corrected chi connectivity index (χ1v) is 6.90. The summed E-state index contributed by atoms with van der Waals surface area (Å²) in [5, 5.41) is 2.95. The van der Waals surface area contributed by atoms with Gasteiger partial charge in [0, 0.05) is 18.3 Å². The van der Waals surface area contributed by atoms with E-state index in [-0.39, 0.29) is 5.91 Å². The fraction of sp³-hybridized carbons (Fsp3) is 0.533. The van der Waals surface area contributed by atoms with Crippen LogP contribution < -0.4 is 11.1 Å². The van der Waals surface area contributed by atoms with Crippen molar-refractivity contribution in [3.05, 3.63) is 29.8 Å². The number of amides is 1. The van der Waals surface area contributed by atoms with Crippen molar-refractivity contribution in [3.8, 4) is 0 Å². The Morgan fingerprint density at radius 3 is 2.79 bits per heavy atom. The molecule has 1 aliphatic rings. The molecule has 1 fully saturated rings. The lowest BCUT2D eigenvalue weighted by Crippen LogP contribution is -2.37. The third kappa shape index (κ3) is 3.78. The van der Waals surface area contributed by atoms with Gasteiger partial charge in [-0.3, -0.25) is 9.69 Å². The summed E-state index contributed by atoms with van der Waals surface area (Å²) in [6.45, 7) is 3.06. The number of carbonyl (C=O) groups excluding carboxylic acids is 1. The van der Waals surface area contributed by atoms with E-state index in [0.29, 0.717) is 19.1 Å². The Balaban J connectivity index is 1.89. The van der Waals surface area contributed by atoms with Crippen LogP contribution in [0.4, 0.5) is 5.69 Å². The molecule has 4 heteroatoms. The van der Waals surface area contributed by atoms with Crippen molar-refractivity contribution in [1.82, 2.24) is 4.90 Å². The Bertz CT molecular complexity index is 443. The second kappa shape index (κ2) is 6.17. The van der Waals surface area contributed by atoms with Gasteiger partial charge in [-0.2, -0.15) is 0 Å². The first-order valence-electron chi connectivity index (χ1n) is 6.90. The van der Waals surface area contributed by atoms with Crippen LogP contribution >= 0.6 is 0 Å². The highest BCUT2D eigenvalue weighted by molar-refractivity contribution is 5.93. The SMILES string of the molecule is CC(C1CC1)N(C)CC(=O)Nc1ccccc1CN. The summed E-state index contributed by atoms with van der Waals surface area (Å²) >= 11 is 0. The highest BCUT2D eigenvalue weighted by Gasteiger charge is 2.30. The highest BCUT2D eigenvalue weighted by Crippen LogP contribution is 2.34. The van der Waals surface area contributed by atoms with Crippen molar-refractivity contribution in [1.29, 1.82) is 0 Å². The quantitative estimate of drug-likeness (QED) is 0.821. The highest BCUT2D eigenvalue weighted by atomic mass is 16.2. The van der Waals surface area contributed by atoms with Gasteiger partial charge in [0.2, 0.25) is 5.91 Å². The average Bonchev–Trinajstić information content (AvgIpc) is 3.22. The van der Waals surface area contributed by atoms with E-state index in [2.05, 4.69) is 17.1 Å². The van der Waals surface area contributed by atoms with Crippen LogP contribution in [0, 0.1) is 5.92 Å². The molecular formula is C15H23N3O. The lowest BCUT2D eigenvalue weighted by Gasteiger charge is -2.24. The number of para-hydroxylation sites is 1. The predicted octanol–water partition coefficient (Wildman–Crippen LogP) is 1.81. The largest absolute Gasteiger partial charge is 0.326 e. The van der Waals surface area contributed by atoms with Gasteiger partial charge in [0.25, 0.3) is 0 Å². The van der Waals surface area contributed by atoms with Gasteiger partial charge in [0.1, 0.15) is 0 Å². The molecule has 2 rings (SSSR count). The minimum atomic E-state index is 0.0240. The van der Waals surface area contributed by atoms with E-state index in [1.165, 1.54) is 12.8 Å². The summed E-state index contributed by atoms with van der Waals surface area (Å²) in [6, 6.07) is 8.15. The molecule has 0 aromatic heterocycles. The Morgan fingerprint density at radius 1 is 1.47 bits per heavy atom. The maximum Gasteiger partial charge on any atom is 0.238 e. The van der Waals surface area contributed by atoms with Crippen molar-refractivity contribution in [3.63, 3.8) is 0 Å². The Hall–Kier alpha value is -1.39. The first kappa shape index (κ1) is 14.0. The number of hydrogen-bond donors (Lipinski definition) is 2. The van der Waals surface area contributed by atoms with Crippen LogP contribution in [0.1, 0.15) is 25.3 Å². The zero-order chi connectivity index (χ0) is 13.8. The molecule has 0 spiro atoms. The molecule has 19 heavy (non-hydrogen) atoms. The molecule has 1 aromatic carbocycles. The number of nitrogens with zero attached hydrogens (tertiary/aromatic N) is 1. The molecule has 1 aliphatic carbocycles. The van der Waals surface area contributed by atoms with Crippen molar-refractivity contribution in [2.75, 3.05) is 18.9 Å². The van der Waals surface area contributed by atoms with E-state index in [1.807, 2.05) is 31.3 Å². The lowest BCUT2D eigenvalue weighted by molar-refractivity contribution is -0.117. The Morgan fingerprint density at radius 2 is 2.16 bits per heavy atom. The third-order valence-corrected chi connectivity index (χ3v) is 3.90. The molecule has 4 nitrogen and oxygen atoms in total. The molecule has 0 radical (unpaired) electrons. The molecule has 1 saturated carbocycles. The number of benzene rings is 1. The molecule has 1 unspecified atom stereocenters. The second-order valence-corrected chi connectivity index (χ2v) is 5.40. The van der Waals surface area contributed by atoms with Crippen LogP contribution in [-0.4, -0.2) is 30.4 Å². The van der Waals surface area contributed by atoms with E-state index in [1.54, 1.807) is 0 Å². The summed E-state index contributed by atoms with van der Waals surface area (Å²) in [6.07, 6.45) is 2.59. The predicted molar refractivity (Wildman–Crippen MR) is 77.8 cm³/mol. The van der Waals surface area contributed by atoms with E-state index in [0.717, 1.165) is 17.2 Å². The van der Waals surface area contributed by atoms with Crippen molar-refractivity contribution in [2.45, 2.75) is 32.4 Å². The zero-order valence-corrected chi connectivity index (χ0v) is 11.7. The third-order valence-electron chi connectivity index (χ3n) is 3.90. The van der Waals surface area contributed by atoms with Crippen LogP contribution in [0.5, 0.6) is 0 Å². The monoisotopic (exact) mass is 261 g/mol.